The highest BCUT2D eigenvalue weighted by atomic mass is 79.9. The van der Waals surface area contributed by atoms with Gasteiger partial charge in [0.25, 0.3) is 0 Å². The summed E-state index contributed by atoms with van der Waals surface area (Å²) in [7, 11) is 0. The molecule has 0 N–H and O–H groups in total. The van der Waals surface area contributed by atoms with Crippen LogP contribution in [0.15, 0.2) is 0 Å². The van der Waals surface area contributed by atoms with Crippen LogP contribution in [0, 0.1) is 0 Å². The maximum atomic E-state index is 3.72. The second kappa shape index (κ2) is 5.98. The van der Waals surface area contributed by atoms with Crippen LogP contribution < -0.4 is 0 Å². The van der Waals surface area contributed by atoms with Gasteiger partial charge in [-0.3, -0.25) is 0 Å². The molecule has 12 heavy (non-hydrogen) atoms. The summed E-state index contributed by atoms with van der Waals surface area (Å²) in [4.78, 5) is 0.692. The van der Waals surface area contributed by atoms with Gasteiger partial charge in [0.2, 0.25) is 0 Å². The van der Waals surface area contributed by atoms with E-state index in [4.69, 9.17) is 0 Å². The highest BCUT2D eigenvalue weighted by Gasteiger charge is 2.23. The van der Waals surface area contributed by atoms with E-state index < -0.39 is 0 Å². The standard InChI is InChI=1S/C10H23BrN/c1-5-10(11)9-12(6-2,7-3)8-4/h10H,5-9H2,1-4H3/q+1. The van der Waals surface area contributed by atoms with Crippen LogP contribution in [0.25, 0.3) is 0 Å². The lowest BCUT2D eigenvalue weighted by molar-refractivity contribution is -0.922. The molecule has 74 valence electrons. The third-order valence-electron chi connectivity index (χ3n) is 3.04. The minimum absolute atomic E-state index is 0.692. The molecule has 0 radical (unpaired) electrons. The predicted octanol–water partition coefficient (Wildman–Crippen LogP) is 3.04. The van der Waals surface area contributed by atoms with Crippen molar-refractivity contribution in [3.63, 3.8) is 0 Å². The molecule has 0 aromatic carbocycles. The number of rotatable bonds is 6. The molecule has 0 heterocycles. The Morgan fingerprint density at radius 2 is 1.42 bits per heavy atom. The normalized spacial score (nSPS) is 14.8. The van der Waals surface area contributed by atoms with E-state index in [1.54, 1.807) is 0 Å². The van der Waals surface area contributed by atoms with Crippen molar-refractivity contribution >= 4 is 15.9 Å². The fourth-order valence-corrected chi connectivity index (χ4v) is 2.22. The molecule has 0 aromatic rings. The van der Waals surface area contributed by atoms with Crippen LogP contribution in [-0.4, -0.2) is 35.5 Å². The first-order valence-electron chi connectivity index (χ1n) is 5.13. The summed E-state index contributed by atoms with van der Waals surface area (Å²) < 4.78 is 1.25. The largest absolute Gasteiger partial charge is 0.323 e. The predicted molar refractivity (Wildman–Crippen MR) is 59.8 cm³/mol. The van der Waals surface area contributed by atoms with Gasteiger partial charge in [0.15, 0.2) is 0 Å². The number of alkyl halides is 1. The molecular formula is C10H23BrN+. The highest BCUT2D eigenvalue weighted by molar-refractivity contribution is 9.09. The lowest BCUT2D eigenvalue weighted by Gasteiger charge is -2.37. The van der Waals surface area contributed by atoms with Crippen molar-refractivity contribution in [1.82, 2.24) is 0 Å². The first-order valence-corrected chi connectivity index (χ1v) is 6.04. The quantitative estimate of drug-likeness (QED) is 0.492. The molecule has 0 fully saturated rings. The maximum Gasteiger partial charge on any atom is 0.0913 e. The molecule has 0 aliphatic heterocycles. The third kappa shape index (κ3) is 3.44. The molecule has 0 saturated heterocycles. The van der Waals surface area contributed by atoms with Crippen molar-refractivity contribution < 1.29 is 4.48 Å². The van der Waals surface area contributed by atoms with Gasteiger partial charge in [0.05, 0.1) is 31.0 Å². The van der Waals surface area contributed by atoms with Gasteiger partial charge >= 0.3 is 0 Å². The Morgan fingerprint density at radius 3 is 1.67 bits per heavy atom. The zero-order valence-electron chi connectivity index (χ0n) is 8.94. The number of nitrogens with zero attached hydrogens (tertiary/aromatic N) is 1. The summed E-state index contributed by atoms with van der Waals surface area (Å²) in [5.74, 6) is 0. The van der Waals surface area contributed by atoms with Gasteiger partial charge < -0.3 is 4.48 Å². The van der Waals surface area contributed by atoms with E-state index in [9.17, 15) is 0 Å². The number of halogens is 1. The molecule has 0 aliphatic rings. The van der Waals surface area contributed by atoms with E-state index in [1.165, 1.54) is 37.1 Å². The Morgan fingerprint density at radius 1 is 1.00 bits per heavy atom. The lowest BCUT2D eigenvalue weighted by Crippen LogP contribution is -2.50. The molecule has 2 heteroatoms. The van der Waals surface area contributed by atoms with Crippen LogP contribution in [0.3, 0.4) is 0 Å². The van der Waals surface area contributed by atoms with E-state index >= 15 is 0 Å². The fraction of sp³-hybridized carbons (Fsp3) is 1.00. The Labute approximate surface area is 85.9 Å². The van der Waals surface area contributed by atoms with Crippen LogP contribution in [-0.2, 0) is 0 Å². The number of quaternary nitrogens is 1. The number of hydrogen-bond acceptors (Lipinski definition) is 0. The third-order valence-corrected chi connectivity index (χ3v) is 3.98. The SMILES string of the molecule is CCC(Br)C[N+](CC)(CC)CC. The minimum atomic E-state index is 0.692. The monoisotopic (exact) mass is 236 g/mol. The molecule has 0 rings (SSSR count). The molecule has 0 aromatic heterocycles. The molecule has 1 unspecified atom stereocenters. The molecular weight excluding hydrogens is 214 g/mol. The lowest BCUT2D eigenvalue weighted by atomic mass is 10.2. The van der Waals surface area contributed by atoms with Crippen LogP contribution in [0.4, 0.5) is 0 Å². The van der Waals surface area contributed by atoms with E-state index in [1.807, 2.05) is 0 Å². The van der Waals surface area contributed by atoms with Gasteiger partial charge in [-0.2, -0.15) is 0 Å². The Balaban J connectivity index is 4.09. The molecule has 0 saturated carbocycles. The Hall–Kier alpha value is 0.440. The van der Waals surface area contributed by atoms with Crippen LogP contribution >= 0.6 is 15.9 Å². The smallest absolute Gasteiger partial charge is 0.0913 e. The van der Waals surface area contributed by atoms with Crippen molar-refractivity contribution in [3.8, 4) is 0 Å². The second-order valence-corrected chi connectivity index (χ2v) is 4.77. The molecule has 0 aliphatic carbocycles. The van der Waals surface area contributed by atoms with Gasteiger partial charge in [0.1, 0.15) is 0 Å². The fourth-order valence-electron chi connectivity index (χ4n) is 1.61. The zero-order valence-corrected chi connectivity index (χ0v) is 10.5. The van der Waals surface area contributed by atoms with Gasteiger partial charge in [-0.25, -0.2) is 0 Å². The van der Waals surface area contributed by atoms with Gasteiger partial charge in [0, 0.05) is 0 Å². The van der Waals surface area contributed by atoms with Crippen LogP contribution in [0.5, 0.6) is 0 Å². The average molecular weight is 237 g/mol. The summed E-state index contributed by atoms with van der Waals surface area (Å²) in [5, 5.41) is 0. The average Bonchev–Trinajstić information content (AvgIpc) is 2.14. The summed E-state index contributed by atoms with van der Waals surface area (Å²) in [6.45, 7) is 14.2. The van der Waals surface area contributed by atoms with Crippen molar-refractivity contribution in [2.75, 3.05) is 26.2 Å². The zero-order chi connectivity index (χ0) is 9.61. The molecule has 1 atom stereocenters. The summed E-state index contributed by atoms with van der Waals surface area (Å²) in [6.07, 6.45) is 1.24. The highest BCUT2D eigenvalue weighted by Crippen LogP contribution is 2.14. The summed E-state index contributed by atoms with van der Waals surface area (Å²) in [6, 6.07) is 0. The van der Waals surface area contributed by atoms with Crippen LogP contribution in [0.2, 0.25) is 0 Å². The van der Waals surface area contributed by atoms with Gasteiger partial charge in [-0.1, -0.05) is 22.9 Å². The van der Waals surface area contributed by atoms with Gasteiger partial charge in [-0.15, -0.1) is 0 Å². The van der Waals surface area contributed by atoms with Crippen molar-refractivity contribution in [1.29, 1.82) is 0 Å². The van der Waals surface area contributed by atoms with Crippen LogP contribution in [0.1, 0.15) is 34.1 Å². The maximum absolute atomic E-state index is 3.72. The van der Waals surface area contributed by atoms with Gasteiger partial charge in [-0.05, 0) is 27.2 Å². The van der Waals surface area contributed by atoms with Crippen molar-refractivity contribution in [3.05, 3.63) is 0 Å². The number of hydrogen-bond donors (Lipinski definition) is 0. The minimum Gasteiger partial charge on any atom is -0.323 e. The van der Waals surface area contributed by atoms with E-state index in [0.29, 0.717) is 4.83 Å². The molecule has 0 spiro atoms. The topological polar surface area (TPSA) is 0 Å². The first kappa shape index (κ1) is 12.4. The second-order valence-electron chi connectivity index (χ2n) is 3.48. The van der Waals surface area contributed by atoms with Crippen molar-refractivity contribution in [2.45, 2.75) is 38.9 Å². The molecule has 0 bridgehead atoms. The van der Waals surface area contributed by atoms with E-state index in [-0.39, 0.29) is 0 Å². The summed E-state index contributed by atoms with van der Waals surface area (Å²) in [5.41, 5.74) is 0. The Kier molecular flexibility index (Phi) is 6.20. The first-order chi connectivity index (χ1) is 5.64. The Bertz CT molecular complexity index is 102. The molecule has 1 nitrogen and oxygen atoms in total. The van der Waals surface area contributed by atoms with E-state index in [2.05, 4.69) is 43.6 Å². The van der Waals surface area contributed by atoms with Crippen molar-refractivity contribution in [2.24, 2.45) is 0 Å². The van der Waals surface area contributed by atoms with E-state index in [0.717, 1.165) is 0 Å². The molecule has 0 amide bonds. The summed E-state index contributed by atoms with van der Waals surface area (Å²) >= 11 is 3.72.